The van der Waals surface area contributed by atoms with E-state index in [2.05, 4.69) is 35.1 Å². The number of hydrogen-bond acceptors (Lipinski definition) is 2. The van der Waals surface area contributed by atoms with Crippen molar-refractivity contribution in [3.05, 3.63) is 22.2 Å². The second-order valence-electron chi connectivity index (χ2n) is 6.73. The van der Waals surface area contributed by atoms with E-state index in [-0.39, 0.29) is 11.3 Å². The number of nitrogens with two attached hydrogens (primary N) is 1. The Hall–Kier alpha value is -1.03. The zero-order valence-electron chi connectivity index (χ0n) is 13.1. The molecule has 3 nitrogen and oxygen atoms in total. The molecule has 3 N–H and O–H groups in total. The predicted molar refractivity (Wildman–Crippen MR) is 92.3 cm³/mol. The summed E-state index contributed by atoms with van der Waals surface area (Å²) < 4.78 is 0.889. The van der Waals surface area contributed by atoms with E-state index in [1.54, 1.807) is 0 Å². The van der Waals surface area contributed by atoms with Crippen molar-refractivity contribution >= 4 is 33.2 Å². The number of amides is 1. The van der Waals surface area contributed by atoms with E-state index in [1.165, 1.54) is 0 Å². The minimum absolute atomic E-state index is 0.151. The SMILES string of the molecule is Cc1cc(Br)c(NC(=O)C2(CC(C)C)CCCC2)cc1N. The molecular weight excluding hydrogens is 328 g/mol. The summed E-state index contributed by atoms with van der Waals surface area (Å²) in [6.07, 6.45) is 5.25. The molecule has 0 spiro atoms. The van der Waals surface area contributed by atoms with Gasteiger partial charge in [0.05, 0.1) is 5.69 Å². The largest absolute Gasteiger partial charge is 0.398 e. The summed E-state index contributed by atoms with van der Waals surface area (Å²) in [5, 5.41) is 3.10. The Labute approximate surface area is 135 Å². The molecule has 0 atom stereocenters. The average molecular weight is 353 g/mol. The molecule has 1 aromatic carbocycles. The first-order valence-corrected chi connectivity index (χ1v) is 8.50. The number of carbonyl (C=O) groups is 1. The molecule has 0 aliphatic heterocycles. The smallest absolute Gasteiger partial charge is 0.230 e. The summed E-state index contributed by atoms with van der Waals surface area (Å²) in [5.41, 5.74) is 8.25. The zero-order chi connectivity index (χ0) is 15.6. The topological polar surface area (TPSA) is 55.1 Å². The Kier molecular flexibility index (Phi) is 4.97. The number of rotatable bonds is 4. The molecule has 1 amide bonds. The zero-order valence-corrected chi connectivity index (χ0v) is 14.7. The van der Waals surface area contributed by atoms with Crippen molar-refractivity contribution in [1.82, 2.24) is 0 Å². The lowest BCUT2D eigenvalue weighted by molar-refractivity contribution is -0.126. The fourth-order valence-corrected chi connectivity index (χ4v) is 3.95. The van der Waals surface area contributed by atoms with Gasteiger partial charge in [-0.05, 0) is 65.7 Å². The lowest BCUT2D eigenvalue weighted by Crippen LogP contribution is -2.35. The van der Waals surface area contributed by atoms with Gasteiger partial charge in [0.1, 0.15) is 0 Å². The summed E-state index contributed by atoms with van der Waals surface area (Å²) in [6, 6.07) is 3.80. The Morgan fingerprint density at radius 2 is 2.00 bits per heavy atom. The Balaban J connectivity index is 2.21. The van der Waals surface area contributed by atoms with Crippen LogP contribution in [0.25, 0.3) is 0 Å². The summed E-state index contributed by atoms with van der Waals surface area (Å²) in [5.74, 6) is 0.679. The van der Waals surface area contributed by atoms with Crippen LogP contribution < -0.4 is 11.1 Å². The van der Waals surface area contributed by atoms with Crippen LogP contribution in [0, 0.1) is 18.3 Å². The fraction of sp³-hybridized carbons (Fsp3) is 0.588. The van der Waals surface area contributed by atoms with Crippen molar-refractivity contribution in [1.29, 1.82) is 0 Å². The molecule has 0 saturated heterocycles. The quantitative estimate of drug-likeness (QED) is 0.758. The molecular formula is C17H25BrN2O. The van der Waals surface area contributed by atoms with Gasteiger partial charge in [-0.25, -0.2) is 0 Å². The van der Waals surface area contributed by atoms with Gasteiger partial charge in [0.15, 0.2) is 0 Å². The average Bonchev–Trinajstić information content (AvgIpc) is 2.84. The number of benzene rings is 1. The van der Waals surface area contributed by atoms with Crippen molar-refractivity contribution in [3.63, 3.8) is 0 Å². The molecule has 4 heteroatoms. The van der Waals surface area contributed by atoms with Crippen molar-refractivity contribution in [2.45, 2.75) is 52.9 Å². The van der Waals surface area contributed by atoms with E-state index in [0.29, 0.717) is 11.6 Å². The standard InChI is InChI=1S/C17H25BrN2O/c1-11(2)10-17(6-4-5-7-17)16(21)20-15-9-14(19)12(3)8-13(15)18/h8-9,11H,4-7,10,19H2,1-3H3,(H,20,21). The van der Waals surface area contributed by atoms with Gasteiger partial charge in [0, 0.05) is 15.6 Å². The number of carbonyl (C=O) groups excluding carboxylic acids is 1. The number of halogens is 1. The Bertz CT molecular complexity index is 534. The number of nitrogen functional groups attached to an aromatic ring is 1. The molecule has 0 radical (unpaired) electrons. The Morgan fingerprint density at radius 1 is 1.38 bits per heavy atom. The third kappa shape index (κ3) is 3.60. The van der Waals surface area contributed by atoms with Crippen LogP contribution >= 0.6 is 15.9 Å². The number of nitrogens with one attached hydrogen (secondary N) is 1. The van der Waals surface area contributed by atoms with Crippen LogP contribution in [0.2, 0.25) is 0 Å². The lowest BCUT2D eigenvalue weighted by Gasteiger charge is -2.29. The first-order chi connectivity index (χ1) is 9.84. The first kappa shape index (κ1) is 16.3. The van der Waals surface area contributed by atoms with Crippen molar-refractivity contribution in [2.24, 2.45) is 11.3 Å². The summed E-state index contributed by atoms with van der Waals surface area (Å²) in [6.45, 7) is 6.34. The van der Waals surface area contributed by atoms with Crippen molar-refractivity contribution < 1.29 is 4.79 Å². The van der Waals surface area contributed by atoms with E-state index in [4.69, 9.17) is 5.73 Å². The van der Waals surface area contributed by atoms with E-state index in [1.807, 2.05) is 19.1 Å². The predicted octanol–water partition coefficient (Wildman–Crippen LogP) is 4.88. The maximum atomic E-state index is 12.8. The van der Waals surface area contributed by atoms with Crippen LogP contribution in [-0.2, 0) is 4.79 Å². The normalized spacial score (nSPS) is 17.2. The number of aryl methyl sites for hydroxylation is 1. The monoisotopic (exact) mass is 352 g/mol. The molecule has 1 aromatic rings. The van der Waals surface area contributed by atoms with Gasteiger partial charge in [-0.15, -0.1) is 0 Å². The minimum Gasteiger partial charge on any atom is -0.398 e. The van der Waals surface area contributed by atoms with Gasteiger partial charge in [0.2, 0.25) is 5.91 Å². The van der Waals surface area contributed by atoms with Gasteiger partial charge in [-0.2, -0.15) is 0 Å². The number of anilines is 2. The molecule has 21 heavy (non-hydrogen) atoms. The van der Waals surface area contributed by atoms with E-state index < -0.39 is 0 Å². The molecule has 1 aliphatic carbocycles. The van der Waals surface area contributed by atoms with Gasteiger partial charge in [-0.3, -0.25) is 4.79 Å². The highest BCUT2D eigenvalue weighted by molar-refractivity contribution is 9.10. The van der Waals surface area contributed by atoms with E-state index >= 15 is 0 Å². The molecule has 0 heterocycles. The fourth-order valence-electron chi connectivity index (χ4n) is 3.40. The lowest BCUT2D eigenvalue weighted by atomic mass is 9.77. The Morgan fingerprint density at radius 3 is 2.57 bits per heavy atom. The van der Waals surface area contributed by atoms with Crippen LogP contribution in [0.4, 0.5) is 11.4 Å². The van der Waals surface area contributed by atoms with Gasteiger partial charge < -0.3 is 11.1 Å². The number of hydrogen-bond donors (Lipinski definition) is 2. The third-order valence-electron chi connectivity index (χ3n) is 4.45. The maximum absolute atomic E-state index is 12.8. The summed E-state index contributed by atoms with van der Waals surface area (Å²) in [4.78, 5) is 12.8. The van der Waals surface area contributed by atoms with Crippen LogP contribution in [0.3, 0.4) is 0 Å². The highest BCUT2D eigenvalue weighted by atomic mass is 79.9. The van der Waals surface area contributed by atoms with Crippen LogP contribution in [0.5, 0.6) is 0 Å². The van der Waals surface area contributed by atoms with E-state index in [0.717, 1.165) is 47.8 Å². The van der Waals surface area contributed by atoms with Crippen molar-refractivity contribution in [3.8, 4) is 0 Å². The molecule has 1 aliphatic rings. The molecule has 1 fully saturated rings. The van der Waals surface area contributed by atoms with Crippen LogP contribution in [0.1, 0.15) is 51.5 Å². The van der Waals surface area contributed by atoms with Crippen molar-refractivity contribution in [2.75, 3.05) is 11.1 Å². The molecule has 0 bridgehead atoms. The molecule has 2 rings (SSSR count). The molecule has 1 saturated carbocycles. The first-order valence-electron chi connectivity index (χ1n) is 7.71. The third-order valence-corrected chi connectivity index (χ3v) is 5.10. The second-order valence-corrected chi connectivity index (χ2v) is 7.58. The van der Waals surface area contributed by atoms with Gasteiger partial charge in [-0.1, -0.05) is 26.7 Å². The van der Waals surface area contributed by atoms with Gasteiger partial charge in [0.25, 0.3) is 0 Å². The highest BCUT2D eigenvalue weighted by Gasteiger charge is 2.41. The minimum atomic E-state index is -0.201. The summed E-state index contributed by atoms with van der Waals surface area (Å²) >= 11 is 3.52. The second kappa shape index (κ2) is 6.39. The van der Waals surface area contributed by atoms with Crippen LogP contribution in [-0.4, -0.2) is 5.91 Å². The molecule has 116 valence electrons. The van der Waals surface area contributed by atoms with Gasteiger partial charge >= 0.3 is 0 Å². The van der Waals surface area contributed by atoms with E-state index in [9.17, 15) is 4.79 Å². The molecule has 0 unspecified atom stereocenters. The summed E-state index contributed by atoms with van der Waals surface area (Å²) in [7, 11) is 0. The molecule has 0 aromatic heterocycles. The highest BCUT2D eigenvalue weighted by Crippen LogP contribution is 2.44. The maximum Gasteiger partial charge on any atom is 0.230 e. The van der Waals surface area contributed by atoms with Crippen LogP contribution in [0.15, 0.2) is 16.6 Å².